The highest BCUT2D eigenvalue weighted by molar-refractivity contribution is 5.97. The lowest BCUT2D eigenvalue weighted by Gasteiger charge is -2.19. The molecule has 0 bridgehead atoms. The fourth-order valence-electron chi connectivity index (χ4n) is 1.63. The van der Waals surface area contributed by atoms with E-state index in [-0.39, 0.29) is 11.7 Å². The lowest BCUT2D eigenvalue weighted by atomic mass is 9.86. The van der Waals surface area contributed by atoms with Crippen LogP contribution >= 0.6 is 0 Å². The first kappa shape index (κ1) is 11.3. The zero-order valence-corrected chi connectivity index (χ0v) is 9.38. The fraction of sp³-hybridized carbons (Fsp3) is 0.750. The maximum absolute atomic E-state index is 11.7. The van der Waals surface area contributed by atoms with E-state index in [1.54, 1.807) is 6.26 Å². The molecule has 1 aliphatic carbocycles. The van der Waals surface area contributed by atoms with Crippen molar-refractivity contribution in [1.82, 2.24) is 0 Å². The average molecular weight is 196 g/mol. The maximum atomic E-state index is 11.7. The van der Waals surface area contributed by atoms with Crippen molar-refractivity contribution in [2.75, 3.05) is 6.61 Å². The summed E-state index contributed by atoms with van der Waals surface area (Å²) in [5.41, 5.74) is 0.879. The summed E-state index contributed by atoms with van der Waals surface area (Å²) in [5, 5.41) is 0. The summed E-state index contributed by atoms with van der Waals surface area (Å²) in [6.45, 7) is 6.90. The van der Waals surface area contributed by atoms with Crippen LogP contribution in [0.4, 0.5) is 0 Å². The monoisotopic (exact) mass is 196 g/mol. The minimum absolute atomic E-state index is 0.192. The second-order valence-electron chi connectivity index (χ2n) is 4.53. The van der Waals surface area contributed by atoms with Crippen LogP contribution in [0.5, 0.6) is 0 Å². The highest BCUT2D eigenvalue weighted by atomic mass is 16.5. The average Bonchev–Trinajstić information content (AvgIpc) is 2.12. The molecule has 0 aliphatic heterocycles. The van der Waals surface area contributed by atoms with Crippen molar-refractivity contribution in [3.8, 4) is 0 Å². The van der Waals surface area contributed by atoms with E-state index < -0.39 is 0 Å². The Bertz CT molecular complexity index is 228. The summed E-state index contributed by atoms with van der Waals surface area (Å²) in [6.07, 6.45) is 4.71. The molecule has 0 N–H and O–H groups in total. The van der Waals surface area contributed by atoms with Crippen molar-refractivity contribution in [3.05, 3.63) is 11.8 Å². The highest BCUT2D eigenvalue weighted by Crippen LogP contribution is 2.24. The summed E-state index contributed by atoms with van der Waals surface area (Å²) in [4.78, 5) is 11.7. The molecule has 0 aromatic rings. The molecular formula is C12H20O2. The van der Waals surface area contributed by atoms with Crippen LogP contribution in [0.3, 0.4) is 0 Å². The predicted octanol–water partition coefficient (Wildman–Crippen LogP) is 2.93. The summed E-state index contributed by atoms with van der Waals surface area (Å²) < 4.78 is 5.37. The third-order valence-corrected chi connectivity index (χ3v) is 2.50. The first-order chi connectivity index (χ1) is 6.61. The molecule has 80 valence electrons. The first-order valence-corrected chi connectivity index (χ1v) is 5.46. The molecule has 1 rings (SSSR count). The van der Waals surface area contributed by atoms with Crippen molar-refractivity contribution in [2.45, 2.75) is 40.0 Å². The van der Waals surface area contributed by atoms with Gasteiger partial charge in [-0.1, -0.05) is 20.8 Å². The Morgan fingerprint density at radius 2 is 2.29 bits per heavy atom. The molecule has 0 radical (unpaired) electrons. The number of allylic oxidation sites excluding steroid dienone is 1. The molecule has 1 aliphatic rings. The van der Waals surface area contributed by atoms with Gasteiger partial charge in [-0.3, -0.25) is 4.79 Å². The number of carbonyl (C=O) groups excluding carboxylic acids is 1. The topological polar surface area (TPSA) is 26.3 Å². The van der Waals surface area contributed by atoms with E-state index in [9.17, 15) is 4.79 Å². The van der Waals surface area contributed by atoms with Crippen molar-refractivity contribution in [1.29, 1.82) is 0 Å². The molecular weight excluding hydrogens is 176 g/mol. The van der Waals surface area contributed by atoms with Crippen LogP contribution in [0.15, 0.2) is 11.8 Å². The van der Waals surface area contributed by atoms with Gasteiger partial charge in [0.1, 0.15) is 0 Å². The number of hydrogen-bond donors (Lipinski definition) is 0. The fourth-order valence-corrected chi connectivity index (χ4v) is 1.63. The van der Waals surface area contributed by atoms with E-state index in [2.05, 4.69) is 13.8 Å². The van der Waals surface area contributed by atoms with Gasteiger partial charge in [-0.15, -0.1) is 0 Å². The number of carbonyl (C=O) groups is 1. The van der Waals surface area contributed by atoms with Gasteiger partial charge in [-0.2, -0.15) is 0 Å². The van der Waals surface area contributed by atoms with Crippen molar-refractivity contribution >= 4 is 5.78 Å². The second kappa shape index (κ2) is 5.18. The van der Waals surface area contributed by atoms with Crippen molar-refractivity contribution < 1.29 is 9.53 Å². The van der Waals surface area contributed by atoms with Crippen molar-refractivity contribution in [3.63, 3.8) is 0 Å². The van der Waals surface area contributed by atoms with Gasteiger partial charge in [0, 0.05) is 11.5 Å². The third kappa shape index (κ3) is 3.17. The standard InChI is InChI=1S/C12H20O2/c1-9(2)7-14-8-11-6-4-5-10(3)12(11)13/h8-10H,4-7H2,1-3H3/b11-8+. The summed E-state index contributed by atoms with van der Waals surface area (Å²) in [5.74, 6) is 0.987. The van der Waals surface area contributed by atoms with Gasteiger partial charge in [0.2, 0.25) is 0 Å². The molecule has 0 aromatic carbocycles. The Morgan fingerprint density at radius 1 is 1.57 bits per heavy atom. The van der Waals surface area contributed by atoms with E-state index in [1.807, 2.05) is 6.92 Å². The molecule has 0 heterocycles. The van der Waals surface area contributed by atoms with Gasteiger partial charge < -0.3 is 4.74 Å². The van der Waals surface area contributed by atoms with Crippen LogP contribution in [-0.2, 0) is 9.53 Å². The molecule has 0 aromatic heterocycles. The first-order valence-electron chi connectivity index (χ1n) is 5.46. The third-order valence-electron chi connectivity index (χ3n) is 2.50. The van der Waals surface area contributed by atoms with Gasteiger partial charge in [-0.25, -0.2) is 0 Å². The van der Waals surface area contributed by atoms with E-state index >= 15 is 0 Å². The molecule has 1 fully saturated rings. The number of ketones is 1. The molecule has 14 heavy (non-hydrogen) atoms. The van der Waals surface area contributed by atoms with Gasteiger partial charge in [0.05, 0.1) is 12.9 Å². The van der Waals surface area contributed by atoms with Crippen LogP contribution in [0.25, 0.3) is 0 Å². The van der Waals surface area contributed by atoms with Crippen LogP contribution in [-0.4, -0.2) is 12.4 Å². The SMILES string of the molecule is CC(C)CO/C=C1\CCCC(C)C1=O. The number of rotatable bonds is 3. The largest absolute Gasteiger partial charge is 0.501 e. The van der Waals surface area contributed by atoms with Gasteiger partial charge in [0.25, 0.3) is 0 Å². The van der Waals surface area contributed by atoms with Gasteiger partial charge in [-0.05, 0) is 25.2 Å². The minimum atomic E-state index is 0.192. The lowest BCUT2D eigenvalue weighted by molar-refractivity contribution is -0.120. The smallest absolute Gasteiger partial charge is 0.164 e. The Balaban J connectivity index is 2.45. The van der Waals surface area contributed by atoms with Crippen LogP contribution in [0, 0.1) is 11.8 Å². The molecule has 2 nitrogen and oxygen atoms in total. The molecule has 1 atom stereocenters. The molecule has 2 heteroatoms. The Kier molecular flexibility index (Phi) is 4.18. The van der Waals surface area contributed by atoms with E-state index in [0.29, 0.717) is 12.5 Å². The molecule has 0 amide bonds. The Labute approximate surface area is 86.3 Å². The maximum Gasteiger partial charge on any atom is 0.164 e. The molecule has 1 unspecified atom stereocenters. The van der Waals surface area contributed by atoms with Crippen molar-refractivity contribution in [2.24, 2.45) is 11.8 Å². The van der Waals surface area contributed by atoms with Crippen LogP contribution in [0.2, 0.25) is 0 Å². The van der Waals surface area contributed by atoms with Crippen LogP contribution in [0.1, 0.15) is 40.0 Å². The zero-order chi connectivity index (χ0) is 10.6. The number of hydrogen-bond acceptors (Lipinski definition) is 2. The zero-order valence-electron chi connectivity index (χ0n) is 9.38. The molecule has 1 saturated carbocycles. The summed E-state index contributed by atoms with van der Waals surface area (Å²) in [7, 11) is 0. The van der Waals surface area contributed by atoms with E-state index in [1.165, 1.54) is 0 Å². The molecule has 0 spiro atoms. The Morgan fingerprint density at radius 3 is 2.93 bits per heavy atom. The lowest BCUT2D eigenvalue weighted by Crippen LogP contribution is -2.19. The summed E-state index contributed by atoms with van der Waals surface area (Å²) in [6, 6.07) is 0. The van der Waals surface area contributed by atoms with E-state index in [0.717, 1.165) is 24.8 Å². The Hall–Kier alpha value is -0.790. The molecule has 0 saturated heterocycles. The second-order valence-corrected chi connectivity index (χ2v) is 4.53. The highest BCUT2D eigenvalue weighted by Gasteiger charge is 2.22. The van der Waals surface area contributed by atoms with Gasteiger partial charge >= 0.3 is 0 Å². The van der Waals surface area contributed by atoms with Gasteiger partial charge in [0.15, 0.2) is 5.78 Å². The van der Waals surface area contributed by atoms with Crippen LogP contribution < -0.4 is 0 Å². The number of Topliss-reactive ketones (excluding diaryl/α,β-unsaturated/α-hetero) is 1. The quantitative estimate of drug-likeness (QED) is 0.512. The van der Waals surface area contributed by atoms with E-state index in [4.69, 9.17) is 4.74 Å². The minimum Gasteiger partial charge on any atom is -0.501 e. The predicted molar refractivity (Wildman–Crippen MR) is 56.9 cm³/mol. The number of ether oxygens (including phenoxy) is 1. The normalized spacial score (nSPS) is 25.9. The summed E-state index contributed by atoms with van der Waals surface area (Å²) >= 11 is 0.